The summed E-state index contributed by atoms with van der Waals surface area (Å²) in [5.74, 6) is 1.94. The Morgan fingerprint density at radius 2 is 1.95 bits per heavy atom. The SMILES string of the molecule is CCOCC(Nc1cc(Cl)nc(C(C)(C)C)n1)C(C)C. The fourth-order valence-corrected chi connectivity index (χ4v) is 1.85. The smallest absolute Gasteiger partial charge is 0.137 e. The average Bonchev–Trinajstić information content (AvgIpc) is 2.32. The molecule has 0 fully saturated rings. The Morgan fingerprint density at radius 1 is 1.30 bits per heavy atom. The van der Waals surface area contributed by atoms with E-state index in [0.717, 1.165) is 11.6 Å². The monoisotopic (exact) mass is 299 g/mol. The fraction of sp³-hybridized carbons (Fsp3) is 0.733. The van der Waals surface area contributed by atoms with E-state index in [-0.39, 0.29) is 11.5 Å². The van der Waals surface area contributed by atoms with Gasteiger partial charge in [0, 0.05) is 18.1 Å². The van der Waals surface area contributed by atoms with E-state index < -0.39 is 0 Å². The van der Waals surface area contributed by atoms with Crippen molar-refractivity contribution in [3.8, 4) is 0 Å². The highest BCUT2D eigenvalue weighted by Crippen LogP contribution is 2.23. The number of hydrogen-bond acceptors (Lipinski definition) is 4. The molecule has 0 aromatic carbocycles. The molecule has 0 spiro atoms. The van der Waals surface area contributed by atoms with Gasteiger partial charge >= 0.3 is 0 Å². The maximum Gasteiger partial charge on any atom is 0.137 e. The Balaban J connectivity index is 2.92. The quantitative estimate of drug-likeness (QED) is 0.809. The van der Waals surface area contributed by atoms with Crippen LogP contribution in [-0.2, 0) is 10.2 Å². The molecule has 0 aliphatic rings. The third kappa shape index (κ3) is 5.25. The number of aromatic nitrogens is 2. The van der Waals surface area contributed by atoms with Crippen molar-refractivity contribution in [2.45, 2.75) is 53.0 Å². The van der Waals surface area contributed by atoms with Crippen molar-refractivity contribution in [3.05, 3.63) is 17.0 Å². The lowest BCUT2D eigenvalue weighted by Crippen LogP contribution is -2.31. The van der Waals surface area contributed by atoms with Crippen molar-refractivity contribution in [2.24, 2.45) is 5.92 Å². The molecular formula is C15H26ClN3O. The number of nitrogens with one attached hydrogen (secondary N) is 1. The molecule has 1 N–H and O–H groups in total. The molecule has 1 atom stereocenters. The van der Waals surface area contributed by atoms with Gasteiger partial charge < -0.3 is 10.1 Å². The van der Waals surface area contributed by atoms with Crippen molar-refractivity contribution < 1.29 is 4.74 Å². The van der Waals surface area contributed by atoms with Crippen molar-refractivity contribution in [1.82, 2.24) is 9.97 Å². The molecular weight excluding hydrogens is 274 g/mol. The van der Waals surface area contributed by atoms with Crippen LogP contribution in [0.2, 0.25) is 5.15 Å². The zero-order valence-corrected chi connectivity index (χ0v) is 14.1. The number of hydrogen-bond donors (Lipinski definition) is 1. The minimum atomic E-state index is -0.130. The molecule has 0 saturated carbocycles. The molecule has 1 aromatic rings. The number of ether oxygens (including phenoxy) is 1. The van der Waals surface area contributed by atoms with Gasteiger partial charge in [0.2, 0.25) is 0 Å². The molecule has 1 heterocycles. The molecule has 1 rings (SSSR count). The van der Waals surface area contributed by atoms with Gasteiger partial charge in [-0.05, 0) is 12.8 Å². The first-order valence-electron chi connectivity index (χ1n) is 7.13. The number of halogens is 1. The van der Waals surface area contributed by atoms with E-state index in [9.17, 15) is 0 Å². The van der Waals surface area contributed by atoms with Crippen LogP contribution >= 0.6 is 11.6 Å². The summed E-state index contributed by atoms with van der Waals surface area (Å²) >= 11 is 6.10. The molecule has 0 aliphatic carbocycles. The van der Waals surface area contributed by atoms with E-state index >= 15 is 0 Å². The van der Waals surface area contributed by atoms with Gasteiger partial charge in [0.05, 0.1) is 12.6 Å². The van der Waals surface area contributed by atoms with E-state index in [1.165, 1.54) is 0 Å². The summed E-state index contributed by atoms with van der Waals surface area (Å²) in [6, 6.07) is 1.96. The Labute approximate surface area is 127 Å². The molecule has 0 radical (unpaired) electrons. The summed E-state index contributed by atoms with van der Waals surface area (Å²) in [5.41, 5.74) is -0.130. The lowest BCUT2D eigenvalue weighted by Gasteiger charge is -2.24. The van der Waals surface area contributed by atoms with E-state index in [1.54, 1.807) is 6.07 Å². The van der Waals surface area contributed by atoms with Gasteiger partial charge in [-0.15, -0.1) is 0 Å². The molecule has 5 heteroatoms. The van der Waals surface area contributed by atoms with E-state index in [2.05, 4.69) is 49.9 Å². The van der Waals surface area contributed by atoms with E-state index in [0.29, 0.717) is 24.3 Å². The van der Waals surface area contributed by atoms with Crippen molar-refractivity contribution in [2.75, 3.05) is 18.5 Å². The predicted octanol–water partition coefficient (Wildman–Crippen LogP) is 3.90. The maximum absolute atomic E-state index is 6.10. The van der Waals surface area contributed by atoms with Crippen LogP contribution in [0, 0.1) is 5.92 Å². The van der Waals surface area contributed by atoms with Gasteiger partial charge in [0.25, 0.3) is 0 Å². The Kier molecular flexibility index (Phi) is 6.21. The molecule has 0 bridgehead atoms. The zero-order chi connectivity index (χ0) is 15.3. The summed E-state index contributed by atoms with van der Waals surface area (Å²) in [6.07, 6.45) is 0. The molecule has 114 valence electrons. The first-order chi connectivity index (χ1) is 9.24. The van der Waals surface area contributed by atoms with Crippen LogP contribution < -0.4 is 5.32 Å². The van der Waals surface area contributed by atoms with Crippen molar-refractivity contribution in [1.29, 1.82) is 0 Å². The third-order valence-corrected chi connectivity index (χ3v) is 3.20. The maximum atomic E-state index is 6.10. The van der Waals surface area contributed by atoms with Crippen LogP contribution in [-0.4, -0.2) is 29.2 Å². The van der Waals surface area contributed by atoms with Gasteiger partial charge in [-0.3, -0.25) is 0 Å². The molecule has 0 aliphatic heterocycles. The second kappa shape index (κ2) is 7.23. The highest BCUT2D eigenvalue weighted by molar-refractivity contribution is 6.29. The highest BCUT2D eigenvalue weighted by atomic mass is 35.5. The Bertz CT molecular complexity index is 430. The lowest BCUT2D eigenvalue weighted by molar-refractivity contribution is 0.126. The molecule has 20 heavy (non-hydrogen) atoms. The lowest BCUT2D eigenvalue weighted by atomic mass is 9.96. The number of nitrogens with zero attached hydrogens (tertiary/aromatic N) is 2. The largest absolute Gasteiger partial charge is 0.380 e. The third-order valence-electron chi connectivity index (χ3n) is 3.01. The topological polar surface area (TPSA) is 47.0 Å². The molecule has 0 amide bonds. The minimum Gasteiger partial charge on any atom is -0.380 e. The summed E-state index contributed by atoms with van der Waals surface area (Å²) < 4.78 is 5.52. The van der Waals surface area contributed by atoms with Crippen LogP contribution in [0.1, 0.15) is 47.4 Å². The van der Waals surface area contributed by atoms with Crippen LogP contribution in [0.25, 0.3) is 0 Å². The van der Waals surface area contributed by atoms with Gasteiger partial charge in [-0.25, -0.2) is 9.97 Å². The standard InChI is InChI=1S/C15H26ClN3O/c1-7-20-9-11(10(2)3)17-13-8-12(16)18-14(19-13)15(4,5)6/h8,10-11H,7,9H2,1-6H3,(H,17,18,19). The normalized spacial score (nSPS) is 13.6. The van der Waals surface area contributed by atoms with Crippen molar-refractivity contribution in [3.63, 3.8) is 0 Å². The second-order valence-corrected chi connectivity index (χ2v) is 6.69. The van der Waals surface area contributed by atoms with Crippen LogP contribution in [0.3, 0.4) is 0 Å². The Morgan fingerprint density at radius 3 is 2.45 bits per heavy atom. The van der Waals surface area contributed by atoms with Gasteiger partial charge in [-0.1, -0.05) is 46.2 Å². The predicted molar refractivity (Wildman–Crippen MR) is 84.5 cm³/mol. The van der Waals surface area contributed by atoms with Crippen LogP contribution in [0.15, 0.2) is 6.07 Å². The van der Waals surface area contributed by atoms with Gasteiger partial charge in [0.15, 0.2) is 0 Å². The van der Waals surface area contributed by atoms with E-state index in [1.807, 2.05) is 6.92 Å². The van der Waals surface area contributed by atoms with Crippen molar-refractivity contribution >= 4 is 17.4 Å². The summed E-state index contributed by atoms with van der Waals surface area (Å²) in [5, 5.41) is 3.87. The molecule has 1 aromatic heterocycles. The zero-order valence-electron chi connectivity index (χ0n) is 13.3. The van der Waals surface area contributed by atoms with E-state index in [4.69, 9.17) is 16.3 Å². The fourth-order valence-electron chi connectivity index (χ4n) is 1.66. The molecule has 4 nitrogen and oxygen atoms in total. The van der Waals surface area contributed by atoms with Gasteiger partial charge in [0.1, 0.15) is 16.8 Å². The number of rotatable bonds is 6. The first-order valence-corrected chi connectivity index (χ1v) is 7.51. The highest BCUT2D eigenvalue weighted by Gasteiger charge is 2.20. The summed E-state index contributed by atoms with van der Waals surface area (Å²) in [7, 11) is 0. The minimum absolute atomic E-state index is 0.130. The number of anilines is 1. The van der Waals surface area contributed by atoms with Crippen LogP contribution in [0.4, 0.5) is 5.82 Å². The summed E-state index contributed by atoms with van der Waals surface area (Å²) in [4.78, 5) is 8.88. The molecule has 1 unspecified atom stereocenters. The second-order valence-electron chi connectivity index (χ2n) is 6.30. The van der Waals surface area contributed by atoms with Crippen LogP contribution in [0.5, 0.6) is 0 Å². The first kappa shape index (κ1) is 17.2. The average molecular weight is 300 g/mol. The molecule has 0 saturated heterocycles. The summed E-state index contributed by atoms with van der Waals surface area (Å²) in [6.45, 7) is 13.9. The van der Waals surface area contributed by atoms with Gasteiger partial charge in [-0.2, -0.15) is 0 Å². The Hall–Kier alpha value is -0.870.